The summed E-state index contributed by atoms with van der Waals surface area (Å²) in [6.45, 7) is 1.39. The number of nitrogens with zero attached hydrogens (tertiary/aromatic N) is 1. The number of H-pyrrole nitrogens is 1. The Morgan fingerprint density at radius 3 is 2.80 bits per heavy atom. The van der Waals surface area contributed by atoms with Crippen molar-refractivity contribution in [2.24, 2.45) is 0 Å². The van der Waals surface area contributed by atoms with Crippen molar-refractivity contribution in [3.05, 3.63) is 47.8 Å². The summed E-state index contributed by atoms with van der Waals surface area (Å²) in [4.78, 5) is 41.0. The molecule has 128 valence electrons. The lowest BCUT2D eigenvalue weighted by Gasteiger charge is -2.22. The molecular formula is C17H15N3O5. The molecule has 4 rings (SSSR count). The van der Waals surface area contributed by atoms with Gasteiger partial charge in [0.05, 0.1) is 12.2 Å². The molecule has 0 spiro atoms. The van der Waals surface area contributed by atoms with E-state index in [0.29, 0.717) is 22.8 Å². The molecule has 2 N–H and O–H groups in total. The lowest BCUT2D eigenvalue weighted by atomic mass is 9.91. The maximum absolute atomic E-state index is 12.9. The van der Waals surface area contributed by atoms with Crippen LogP contribution in [0.2, 0.25) is 0 Å². The van der Waals surface area contributed by atoms with E-state index in [2.05, 4.69) is 10.3 Å². The maximum atomic E-state index is 12.9. The summed E-state index contributed by atoms with van der Waals surface area (Å²) >= 11 is 0. The molecular weight excluding hydrogens is 326 g/mol. The van der Waals surface area contributed by atoms with E-state index in [1.54, 1.807) is 43.5 Å². The molecule has 1 atom stereocenters. The van der Waals surface area contributed by atoms with E-state index >= 15 is 0 Å². The minimum atomic E-state index is -1.27. The van der Waals surface area contributed by atoms with Gasteiger partial charge in [-0.1, -0.05) is 6.07 Å². The summed E-state index contributed by atoms with van der Waals surface area (Å²) in [5.41, 5.74) is -0.365. The molecule has 2 aliphatic heterocycles. The molecule has 1 fully saturated rings. The van der Waals surface area contributed by atoms with Gasteiger partial charge in [0.2, 0.25) is 6.79 Å². The van der Waals surface area contributed by atoms with Gasteiger partial charge in [-0.25, -0.2) is 4.79 Å². The summed E-state index contributed by atoms with van der Waals surface area (Å²) in [7, 11) is 0. The third-order valence-electron chi connectivity index (χ3n) is 4.42. The van der Waals surface area contributed by atoms with E-state index in [4.69, 9.17) is 9.47 Å². The van der Waals surface area contributed by atoms with Gasteiger partial charge >= 0.3 is 6.03 Å². The van der Waals surface area contributed by atoms with Gasteiger partial charge in [0, 0.05) is 6.20 Å². The molecule has 25 heavy (non-hydrogen) atoms. The Morgan fingerprint density at radius 1 is 1.24 bits per heavy atom. The number of nitrogens with one attached hydrogen (secondary N) is 2. The zero-order chi connectivity index (χ0) is 17.6. The number of benzene rings is 1. The van der Waals surface area contributed by atoms with E-state index in [9.17, 15) is 14.4 Å². The van der Waals surface area contributed by atoms with Gasteiger partial charge in [-0.3, -0.25) is 14.5 Å². The van der Waals surface area contributed by atoms with Crippen molar-refractivity contribution >= 4 is 17.7 Å². The number of amides is 3. The van der Waals surface area contributed by atoms with Crippen LogP contribution in [0, 0.1) is 0 Å². The molecule has 1 aromatic carbocycles. The standard InChI is InChI=1S/C17H15N3O5/c1-17(10-4-5-13-14(7-10)25-9-24-13)15(22)20(16(23)19-17)8-12(21)11-3-2-6-18-11/h2-7,18H,8-9H2,1H3,(H,19,23)/t17-/m0/s1. The van der Waals surface area contributed by atoms with Crippen molar-refractivity contribution in [2.75, 3.05) is 13.3 Å². The van der Waals surface area contributed by atoms with Gasteiger partial charge in [-0.05, 0) is 36.8 Å². The molecule has 1 saturated heterocycles. The first kappa shape index (κ1) is 15.3. The highest BCUT2D eigenvalue weighted by molar-refractivity contribution is 6.11. The predicted octanol–water partition coefficient (Wildman–Crippen LogP) is 1.39. The number of aromatic amines is 1. The molecule has 0 aliphatic carbocycles. The van der Waals surface area contributed by atoms with Crippen molar-refractivity contribution < 1.29 is 23.9 Å². The monoisotopic (exact) mass is 341 g/mol. The third kappa shape index (κ3) is 2.34. The van der Waals surface area contributed by atoms with Crippen molar-refractivity contribution in [3.8, 4) is 11.5 Å². The van der Waals surface area contributed by atoms with Crippen LogP contribution >= 0.6 is 0 Å². The first-order chi connectivity index (χ1) is 12.0. The van der Waals surface area contributed by atoms with Crippen LogP contribution in [0.1, 0.15) is 23.0 Å². The second-order valence-corrected chi connectivity index (χ2v) is 6.02. The van der Waals surface area contributed by atoms with E-state index in [1.165, 1.54) is 0 Å². The van der Waals surface area contributed by atoms with E-state index < -0.39 is 17.5 Å². The molecule has 0 saturated carbocycles. The second-order valence-electron chi connectivity index (χ2n) is 6.02. The Morgan fingerprint density at radius 2 is 2.04 bits per heavy atom. The summed E-state index contributed by atoms with van der Waals surface area (Å²) < 4.78 is 10.6. The summed E-state index contributed by atoms with van der Waals surface area (Å²) in [5, 5.41) is 2.67. The Bertz CT molecular complexity index is 876. The number of fused-ring (bicyclic) bond motifs is 1. The molecule has 2 aliphatic rings. The summed E-state index contributed by atoms with van der Waals surface area (Å²) in [6.07, 6.45) is 1.61. The van der Waals surface area contributed by atoms with Gasteiger partial charge in [0.25, 0.3) is 5.91 Å². The van der Waals surface area contributed by atoms with Gasteiger partial charge in [-0.15, -0.1) is 0 Å². The topological polar surface area (TPSA) is 101 Å². The number of urea groups is 1. The first-order valence-corrected chi connectivity index (χ1v) is 7.70. The Balaban J connectivity index is 1.60. The van der Waals surface area contributed by atoms with E-state index in [0.717, 1.165) is 4.90 Å². The van der Waals surface area contributed by atoms with E-state index in [-0.39, 0.29) is 19.1 Å². The van der Waals surface area contributed by atoms with Gasteiger partial charge in [0.1, 0.15) is 5.54 Å². The van der Waals surface area contributed by atoms with Crippen LogP contribution in [0.15, 0.2) is 36.5 Å². The fraction of sp³-hybridized carbons (Fsp3) is 0.235. The van der Waals surface area contributed by atoms with Crippen LogP contribution in [0.5, 0.6) is 11.5 Å². The smallest absolute Gasteiger partial charge is 0.325 e. The number of Topliss-reactive ketones (excluding diaryl/α,β-unsaturated/α-hetero) is 1. The van der Waals surface area contributed by atoms with Crippen LogP contribution < -0.4 is 14.8 Å². The highest BCUT2D eigenvalue weighted by atomic mass is 16.7. The van der Waals surface area contributed by atoms with Crippen molar-refractivity contribution in [3.63, 3.8) is 0 Å². The minimum Gasteiger partial charge on any atom is -0.454 e. The molecule has 2 aromatic rings. The molecule has 3 amide bonds. The molecule has 3 heterocycles. The van der Waals surface area contributed by atoms with Crippen LogP contribution in [-0.2, 0) is 10.3 Å². The normalized spacial score (nSPS) is 21.6. The van der Waals surface area contributed by atoms with Crippen molar-refractivity contribution in [1.29, 1.82) is 0 Å². The van der Waals surface area contributed by atoms with Gasteiger partial charge in [0.15, 0.2) is 17.3 Å². The number of carbonyl (C=O) groups excluding carboxylic acids is 3. The van der Waals surface area contributed by atoms with Crippen molar-refractivity contribution in [2.45, 2.75) is 12.5 Å². The molecule has 0 bridgehead atoms. The molecule has 1 aromatic heterocycles. The average molecular weight is 341 g/mol. The van der Waals surface area contributed by atoms with Crippen molar-refractivity contribution in [1.82, 2.24) is 15.2 Å². The Labute approximate surface area is 142 Å². The minimum absolute atomic E-state index is 0.118. The number of ether oxygens (including phenoxy) is 2. The highest BCUT2D eigenvalue weighted by Crippen LogP contribution is 2.37. The fourth-order valence-corrected chi connectivity index (χ4v) is 2.98. The van der Waals surface area contributed by atoms with Crippen LogP contribution in [-0.4, -0.2) is 40.9 Å². The average Bonchev–Trinajstić information content (AvgIpc) is 3.31. The Kier molecular flexibility index (Phi) is 3.28. The number of hydrogen-bond acceptors (Lipinski definition) is 5. The summed E-state index contributed by atoms with van der Waals surface area (Å²) in [6, 6.07) is 7.71. The number of ketones is 1. The van der Waals surface area contributed by atoms with Crippen LogP contribution in [0.4, 0.5) is 4.79 Å². The highest BCUT2D eigenvalue weighted by Gasteiger charge is 2.49. The fourth-order valence-electron chi connectivity index (χ4n) is 2.98. The number of hydrogen-bond donors (Lipinski definition) is 2. The lowest BCUT2D eigenvalue weighted by Crippen LogP contribution is -2.41. The maximum Gasteiger partial charge on any atom is 0.325 e. The number of carbonyl (C=O) groups is 3. The quantitative estimate of drug-likeness (QED) is 0.646. The second kappa shape index (κ2) is 5.37. The zero-order valence-electron chi connectivity index (χ0n) is 13.4. The van der Waals surface area contributed by atoms with Crippen LogP contribution in [0.25, 0.3) is 0 Å². The number of imide groups is 1. The molecule has 0 radical (unpaired) electrons. The predicted molar refractivity (Wildman–Crippen MR) is 85.3 cm³/mol. The number of aromatic nitrogens is 1. The largest absolute Gasteiger partial charge is 0.454 e. The summed E-state index contributed by atoms with van der Waals surface area (Å²) in [5.74, 6) is 0.268. The first-order valence-electron chi connectivity index (χ1n) is 7.70. The third-order valence-corrected chi connectivity index (χ3v) is 4.42. The van der Waals surface area contributed by atoms with Gasteiger partial charge < -0.3 is 19.8 Å². The number of rotatable bonds is 4. The van der Waals surface area contributed by atoms with Crippen LogP contribution in [0.3, 0.4) is 0 Å². The van der Waals surface area contributed by atoms with E-state index in [1.807, 2.05) is 0 Å². The van der Waals surface area contributed by atoms with Gasteiger partial charge in [-0.2, -0.15) is 0 Å². The molecule has 0 unspecified atom stereocenters. The SMILES string of the molecule is C[C@@]1(c2ccc3c(c2)OCO3)NC(=O)N(CC(=O)c2ccc[nH]2)C1=O. The molecule has 8 nitrogen and oxygen atoms in total. The lowest BCUT2D eigenvalue weighted by molar-refractivity contribution is -0.130. The Hall–Kier alpha value is -3.29. The molecule has 8 heteroatoms. The zero-order valence-corrected chi connectivity index (χ0v) is 13.4.